The Bertz CT molecular complexity index is 367. The summed E-state index contributed by atoms with van der Waals surface area (Å²) in [6, 6.07) is 2.38. The van der Waals surface area contributed by atoms with Crippen LogP contribution in [0.4, 0.5) is 11.5 Å². The van der Waals surface area contributed by atoms with Crippen molar-refractivity contribution in [3.8, 4) is 0 Å². The van der Waals surface area contributed by atoms with Crippen molar-refractivity contribution in [2.45, 2.75) is 38.3 Å². The molecule has 4 heteroatoms. The number of nitrogens with two attached hydrogens (primary N) is 1. The predicted molar refractivity (Wildman–Crippen MR) is 65.4 cm³/mol. The van der Waals surface area contributed by atoms with Crippen LogP contribution in [-0.4, -0.2) is 24.2 Å². The van der Waals surface area contributed by atoms with Crippen molar-refractivity contribution >= 4 is 11.5 Å². The molecule has 1 aliphatic carbocycles. The Labute approximate surface area is 96.2 Å². The summed E-state index contributed by atoms with van der Waals surface area (Å²) >= 11 is 0. The topological polar surface area (TPSA) is 60.2 Å². The van der Waals surface area contributed by atoms with Crippen LogP contribution in [0.15, 0.2) is 12.3 Å². The smallest absolute Gasteiger partial charge is 0.149 e. The molecule has 88 valence electrons. The van der Waals surface area contributed by atoms with Gasteiger partial charge in [-0.05, 0) is 37.8 Å². The van der Waals surface area contributed by atoms with Gasteiger partial charge in [-0.2, -0.15) is 0 Å². The third-order valence-electron chi connectivity index (χ3n) is 3.11. The number of aryl methyl sites for hydroxylation is 1. The third-order valence-corrected chi connectivity index (χ3v) is 3.11. The normalized spacial score (nSPS) is 24.6. The molecule has 0 bridgehead atoms. The van der Waals surface area contributed by atoms with Gasteiger partial charge in [0.15, 0.2) is 0 Å². The van der Waals surface area contributed by atoms with Gasteiger partial charge in [-0.25, -0.2) is 4.98 Å². The van der Waals surface area contributed by atoms with Crippen LogP contribution in [0.25, 0.3) is 0 Å². The standard InChI is InChI=1S/C12H19N3O/c1-8-5-11(13)12(14-7-8)15-9-3-4-10(6-9)16-2/h5,7,9-10H,3-4,6,13H2,1-2H3,(H,14,15). The van der Waals surface area contributed by atoms with Crippen molar-refractivity contribution in [3.05, 3.63) is 17.8 Å². The number of hydrogen-bond acceptors (Lipinski definition) is 4. The lowest BCUT2D eigenvalue weighted by Crippen LogP contribution is -2.19. The molecule has 0 radical (unpaired) electrons. The van der Waals surface area contributed by atoms with Crippen LogP contribution in [0.5, 0.6) is 0 Å². The van der Waals surface area contributed by atoms with E-state index < -0.39 is 0 Å². The molecule has 0 saturated heterocycles. The van der Waals surface area contributed by atoms with Crippen LogP contribution in [0.1, 0.15) is 24.8 Å². The lowest BCUT2D eigenvalue weighted by Gasteiger charge is -2.15. The van der Waals surface area contributed by atoms with Gasteiger partial charge in [0.25, 0.3) is 0 Å². The van der Waals surface area contributed by atoms with E-state index in [2.05, 4.69) is 10.3 Å². The molecule has 0 aromatic carbocycles. The monoisotopic (exact) mass is 221 g/mol. The maximum absolute atomic E-state index is 5.91. The zero-order valence-corrected chi connectivity index (χ0v) is 9.86. The maximum atomic E-state index is 5.91. The minimum absolute atomic E-state index is 0.379. The Balaban J connectivity index is 1.99. The van der Waals surface area contributed by atoms with Crippen LogP contribution < -0.4 is 11.1 Å². The van der Waals surface area contributed by atoms with E-state index in [1.54, 1.807) is 7.11 Å². The van der Waals surface area contributed by atoms with E-state index in [1.807, 2.05) is 19.2 Å². The number of pyridine rings is 1. The molecule has 0 amide bonds. The van der Waals surface area contributed by atoms with Crippen molar-refractivity contribution in [2.75, 3.05) is 18.2 Å². The highest BCUT2D eigenvalue weighted by molar-refractivity contribution is 5.62. The number of ether oxygens (including phenoxy) is 1. The van der Waals surface area contributed by atoms with Gasteiger partial charge in [0.1, 0.15) is 5.82 Å². The van der Waals surface area contributed by atoms with E-state index in [0.717, 1.165) is 36.3 Å². The second-order valence-corrected chi connectivity index (χ2v) is 4.46. The number of aromatic nitrogens is 1. The number of rotatable bonds is 3. The van der Waals surface area contributed by atoms with E-state index in [-0.39, 0.29) is 0 Å². The zero-order valence-electron chi connectivity index (χ0n) is 9.86. The number of methoxy groups -OCH3 is 1. The number of anilines is 2. The molecule has 2 rings (SSSR count). The maximum Gasteiger partial charge on any atom is 0.149 e. The van der Waals surface area contributed by atoms with Gasteiger partial charge >= 0.3 is 0 Å². The first-order valence-electron chi connectivity index (χ1n) is 5.70. The molecule has 16 heavy (non-hydrogen) atoms. The SMILES string of the molecule is COC1CCC(Nc2ncc(C)cc2N)C1. The summed E-state index contributed by atoms with van der Waals surface area (Å²) in [6.07, 6.45) is 5.48. The Hall–Kier alpha value is -1.29. The quantitative estimate of drug-likeness (QED) is 0.819. The Morgan fingerprint density at radius 1 is 1.50 bits per heavy atom. The molecular weight excluding hydrogens is 202 g/mol. The second-order valence-electron chi connectivity index (χ2n) is 4.46. The first-order chi connectivity index (χ1) is 7.69. The molecule has 1 fully saturated rings. The van der Waals surface area contributed by atoms with Crippen LogP contribution in [-0.2, 0) is 4.74 Å². The number of nitrogens with zero attached hydrogens (tertiary/aromatic N) is 1. The summed E-state index contributed by atoms with van der Waals surface area (Å²) in [7, 11) is 1.77. The minimum Gasteiger partial charge on any atom is -0.396 e. The number of nitrogens with one attached hydrogen (secondary N) is 1. The average molecular weight is 221 g/mol. The fourth-order valence-corrected chi connectivity index (χ4v) is 2.19. The molecule has 0 spiro atoms. The van der Waals surface area contributed by atoms with Gasteiger partial charge in [-0.15, -0.1) is 0 Å². The summed E-state index contributed by atoms with van der Waals surface area (Å²) in [5.41, 5.74) is 7.72. The first kappa shape index (κ1) is 11.2. The average Bonchev–Trinajstić information content (AvgIpc) is 2.70. The molecule has 2 unspecified atom stereocenters. The van der Waals surface area contributed by atoms with Gasteiger partial charge in [-0.3, -0.25) is 0 Å². The largest absolute Gasteiger partial charge is 0.396 e. The highest BCUT2D eigenvalue weighted by Crippen LogP contribution is 2.26. The third kappa shape index (κ3) is 2.44. The zero-order chi connectivity index (χ0) is 11.5. The summed E-state index contributed by atoms with van der Waals surface area (Å²) in [5.74, 6) is 0.798. The summed E-state index contributed by atoms with van der Waals surface area (Å²) < 4.78 is 5.34. The van der Waals surface area contributed by atoms with E-state index >= 15 is 0 Å². The van der Waals surface area contributed by atoms with E-state index in [0.29, 0.717) is 12.1 Å². The van der Waals surface area contributed by atoms with Gasteiger partial charge in [0, 0.05) is 19.3 Å². The van der Waals surface area contributed by atoms with E-state index in [4.69, 9.17) is 10.5 Å². The molecular formula is C12H19N3O. The van der Waals surface area contributed by atoms with Gasteiger partial charge < -0.3 is 15.8 Å². The molecule has 3 N–H and O–H groups in total. The summed E-state index contributed by atoms with van der Waals surface area (Å²) in [5, 5.41) is 3.38. The van der Waals surface area contributed by atoms with Crippen molar-refractivity contribution in [1.82, 2.24) is 4.98 Å². The fourth-order valence-electron chi connectivity index (χ4n) is 2.19. The lowest BCUT2D eigenvalue weighted by atomic mass is 10.2. The molecule has 2 atom stereocenters. The highest BCUT2D eigenvalue weighted by Gasteiger charge is 2.24. The molecule has 1 heterocycles. The van der Waals surface area contributed by atoms with Crippen LogP contribution >= 0.6 is 0 Å². The van der Waals surface area contributed by atoms with Gasteiger partial charge in [0.05, 0.1) is 11.8 Å². The lowest BCUT2D eigenvalue weighted by molar-refractivity contribution is 0.108. The highest BCUT2D eigenvalue weighted by atomic mass is 16.5. The summed E-state index contributed by atoms with van der Waals surface area (Å²) in [6.45, 7) is 1.99. The van der Waals surface area contributed by atoms with Crippen LogP contribution in [0.2, 0.25) is 0 Å². The van der Waals surface area contributed by atoms with Gasteiger partial charge in [-0.1, -0.05) is 0 Å². The van der Waals surface area contributed by atoms with Crippen LogP contribution in [0.3, 0.4) is 0 Å². The Morgan fingerprint density at radius 2 is 2.31 bits per heavy atom. The van der Waals surface area contributed by atoms with Crippen molar-refractivity contribution in [1.29, 1.82) is 0 Å². The molecule has 1 aromatic heterocycles. The molecule has 1 saturated carbocycles. The van der Waals surface area contributed by atoms with E-state index in [1.165, 1.54) is 0 Å². The summed E-state index contributed by atoms with van der Waals surface area (Å²) in [4.78, 5) is 4.32. The Morgan fingerprint density at radius 3 is 2.94 bits per heavy atom. The second kappa shape index (κ2) is 4.70. The van der Waals surface area contributed by atoms with E-state index in [9.17, 15) is 0 Å². The fraction of sp³-hybridized carbons (Fsp3) is 0.583. The minimum atomic E-state index is 0.379. The molecule has 4 nitrogen and oxygen atoms in total. The predicted octanol–water partition coefficient (Wildman–Crippen LogP) is 1.95. The van der Waals surface area contributed by atoms with Gasteiger partial charge in [0.2, 0.25) is 0 Å². The molecule has 0 aliphatic heterocycles. The molecule has 1 aromatic rings. The number of hydrogen-bond donors (Lipinski definition) is 2. The number of nitrogen functional groups attached to an aromatic ring is 1. The van der Waals surface area contributed by atoms with Crippen molar-refractivity contribution in [3.63, 3.8) is 0 Å². The van der Waals surface area contributed by atoms with Crippen molar-refractivity contribution < 1.29 is 4.74 Å². The first-order valence-corrected chi connectivity index (χ1v) is 5.70. The Kier molecular flexibility index (Phi) is 3.29. The van der Waals surface area contributed by atoms with Crippen LogP contribution in [0, 0.1) is 6.92 Å². The van der Waals surface area contributed by atoms with Crippen molar-refractivity contribution in [2.24, 2.45) is 0 Å². The molecule has 1 aliphatic rings.